The van der Waals surface area contributed by atoms with Crippen LogP contribution >= 0.6 is 0 Å². The van der Waals surface area contributed by atoms with Gasteiger partial charge in [0.05, 0.1) is 24.1 Å². The number of Topliss-reactive ketones (excluding diaryl/α,β-unsaturated/α-hetero) is 1. The Morgan fingerprint density at radius 3 is 2.21 bits per heavy atom. The van der Waals surface area contributed by atoms with Gasteiger partial charge in [-0.05, 0) is 36.4 Å². The number of aromatic nitrogens is 2. The first-order valence-corrected chi connectivity index (χ1v) is 10.6. The van der Waals surface area contributed by atoms with E-state index in [9.17, 15) is 15.0 Å². The molecule has 2 heterocycles. The molecule has 2 aromatic carbocycles. The van der Waals surface area contributed by atoms with E-state index >= 15 is 0 Å². The highest BCUT2D eigenvalue weighted by Crippen LogP contribution is 2.47. The second kappa shape index (κ2) is 8.47. The zero-order valence-corrected chi connectivity index (χ0v) is 19.0. The summed E-state index contributed by atoms with van der Waals surface area (Å²) < 4.78 is 7.02. The molecule has 6 nitrogen and oxygen atoms in total. The summed E-state index contributed by atoms with van der Waals surface area (Å²) in [6.07, 6.45) is 1.73. The lowest BCUT2D eigenvalue weighted by molar-refractivity contribution is 0.0856. The Morgan fingerprint density at radius 2 is 1.61 bits per heavy atom. The Balaban J connectivity index is 1.98. The number of aromatic hydroxyl groups is 2. The van der Waals surface area contributed by atoms with Crippen LogP contribution < -0.4 is 4.74 Å². The number of methoxy groups -OCH3 is 1. The van der Waals surface area contributed by atoms with Crippen LogP contribution in [0.5, 0.6) is 17.4 Å². The second-order valence-electron chi connectivity index (χ2n) is 8.77. The van der Waals surface area contributed by atoms with Gasteiger partial charge in [0.25, 0.3) is 0 Å². The van der Waals surface area contributed by atoms with Crippen LogP contribution in [-0.2, 0) is 0 Å². The molecule has 0 unspecified atom stereocenters. The highest BCUT2D eigenvalue weighted by Gasteiger charge is 2.35. The highest BCUT2D eigenvalue weighted by atomic mass is 16.5. The Labute approximate surface area is 192 Å². The van der Waals surface area contributed by atoms with E-state index in [-0.39, 0.29) is 11.3 Å². The maximum atomic E-state index is 13.4. The van der Waals surface area contributed by atoms with Crippen molar-refractivity contribution in [1.29, 1.82) is 0 Å². The quantitative estimate of drug-likeness (QED) is 0.379. The third-order valence-electron chi connectivity index (χ3n) is 5.48. The molecular formula is C27H26N2O4. The largest absolute Gasteiger partial charge is 0.503 e. The summed E-state index contributed by atoms with van der Waals surface area (Å²) in [6.45, 7) is 5.32. The van der Waals surface area contributed by atoms with Gasteiger partial charge in [0, 0.05) is 28.4 Å². The molecule has 0 aliphatic carbocycles. The van der Waals surface area contributed by atoms with Crippen molar-refractivity contribution < 1.29 is 19.7 Å². The average Bonchev–Trinajstić information content (AvgIpc) is 3.08. The number of nitrogens with zero attached hydrogens (tertiary/aromatic N) is 2. The van der Waals surface area contributed by atoms with Gasteiger partial charge in [0.2, 0.25) is 5.88 Å². The second-order valence-corrected chi connectivity index (χ2v) is 8.77. The van der Waals surface area contributed by atoms with Crippen molar-refractivity contribution in [2.75, 3.05) is 7.11 Å². The fraction of sp³-hybridized carbons (Fsp3) is 0.185. The van der Waals surface area contributed by atoms with Crippen molar-refractivity contribution in [3.8, 4) is 45.6 Å². The average molecular weight is 443 g/mol. The van der Waals surface area contributed by atoms with Crippen LogP contribution in [0.4, 0.5) is 0 Å². The molecule has 0 bridgehead atoms. The predicted molar refractivity (Wildman–Crippen MR) is 128 cm³/mol. The van der Waals surface area contributed by atoms with Crippen molar-refractivity contribution in [3.63, 3.8) is 0 Å². The van der Waals surface area contributed by atoms with Crippen LogP contribution in [0.2, 0.25) is 0 Å². The van der Waals surface area contributed by atoms with Gasteiger partial charge in [0.1, 0.15) is 5.75 Å². The number of pyridine rings is 1. The molecule has 33 heavy (non-hydrogen) atoms. The van der Waals surface area contributed by atoms with Crippen molar-refractivity contribution in [2.24, 2.45) is 5.41 Å². The molecule has 2 N–H and O–H groups in total. The van der Waals surface area contributed by atoms with E-state index in [1.165, 1.54) is 4.57 Å². The van der Waals surface area contributed by atoms with Crippen LogP contribution in [0.1, 0.15) is 31.1 Å². The van der Waals surface area contributed by atoms with Gasteiger partial charge in [0.15, 0.2) is 11.5 Å². The molecule has 0 radical (unpaired) electrons. The van der Waals surface area contributed by atoms with E-state index in [1.807, 2.05) is 54.6 Å². The maximum Gasteiger partial charge on any atom is 0.240 e. The standard InChI is InChI=1S/C27H26N2O4/c1-27(2,3)25(31)22-23(19-9-5-6-11-21(19)33-4)29(26(32)24(22)30)18-14-12-17(13-15-18)20-10-7-8-16-28-20/h5-16,30,32H,1-4H3. The van der Waals surface area contributed by atoms with Gasteiger partial charge in [-0.3, -0.25) is 14.3 Å². The normalized spacial score (nSPS) is 11.4. The van der Waals surface area contributed by atoms with Gasteiger partial charge in [-0.2, -0.15) is 0 Å². The lowest BCUT2D eigenvalue weighted by Gasteiger charge is -2.19. The number of hydrogen-bond donors (Lipinski definition) is 2. The molecule has 0 fully saturated rings. The monoisotopic (exact) mass is 442 g/mol. The van der Waals surface area contributed by atoms with E-state index in [0.717, 1.165) is 11.3 Å². The Hall–Kier alpha value is -4.06. The minimum Gasteiger partial charge on any atom is -0.503 e. The highest BCUT2D eigenvalue weighted by molar-refractivity contribution is 6.08. The van der Waals surface area contributed by atoms with Crippen LogP contribution in [0, 0.1) is 5.41 Å². The number of carbonyl (C=O) groups excluding carboxylic acids is 1. The molecule has 0 amide bonds. The summed E-state index contributed by atoms with van der Waals surface area (Å²) in [5.41, 5.74) is 2.52. The molecule has 6 heteroatoms. The number of hydrogen-bond acceptors (Lipinski definition) is 5. The third kappa shape index (κ3) is 3.96. The molecule has 0 atom stereocenters. The molecular weight excluding hydrogens is 416 g/mol. The lowest BCUT2D eigenvalue weighted by atomic mass is 9.85. The van der Waals surface area contributed by atoms with E-state index in [1.54, 1.807) is 46.2 Å². The maximum absolute atomic E-state index is 13.4. The van der Waals surface area contributed by atoms with E-state index < -0.39 is 17.0 Å². The van der Waals surface area contributed by atoms with Gasteiger partial charge in [-0.25, -0.2) is 0 Å². The Morgan fingerprint density at radius 1 is 0.939 bits per heavy atom. The van der Waals surface area contributed by atoms with Crippen LogP contribution in [0.3, 0.4) is 0 Å². The number of ether oxygens (including phenoxy) is 1. The third-order valence-corrected chi connectivity index (χ3v) is 5.48. The van der Waals surface area contributed by atoms with Gasteiger partial charge < -0.3 is 14.9 Å². The Kier molecular flexibility index (Phi) is 5.68. The number of rotatable bonds is 5. The molecule has 2 aromatic heterocycles. The van der Waals surface area contributed by atoms with Crippen molar-refractivity contribution in [2.45, 2.75) is 20.8 Å². The number of carbonyl (C=O) groups is 1. The fourth-order valence-electron chi connectivity index (χ4n) is 3.80. The van der Waals surface area contributed by atoms with Crippen LogP contribution in [-0.4, -0.2) is 32.7 Å². The first-order valence-electron chi connectivity index (χ1n) is 10.6. The molecule has 0 aliphatic heterocycles. The Bertz CT molecular complexity index is 1300. The van der Waals surface area contributed by atoms with Gasteiger partial charge >= 0.3 is 0 Å². The van der Waals surface area contributed by atoms with E-state index in [0.29, 0.717) is 22.7 Å². The van der Waals surface area contributed by atoms with E-state index in [4.69, 9.17) is 4.74 Å². The van der Waals surface area contributed by atoms with E-state index in [2.05, 4.69) is 4.98 Å². The van der Waals surface area contributed by atoms with Crippen molar-refractivity contribution in [3.05, 3.63) is 78.5 Å². The first-order chi connectivity index (χ1) is 15.7. The van der Waals surface area contributed by atoms with Crippen LogP contribution in [0.25, 0.3) is 28.2 Å². The minimum atomic E-state index is -0.782. The number of ketones is 1. The summed E-state index contributed by atoms with van der Waals surface area (Å²) >= 11 is 0. The molecule has 168 valence electrons. The van der Waals surface area contributed by atoms with Gasteiger partial charge in [-0.1, -0.05) is 51.1 Å². The first kappa shape index (κ1) is 22.1. The zero-order valence-electron chi connectivity index (χ0n) is 19.0. The van der Waals surface area contributed by atoms with Crippen molar-refractivity contribution >= 4 is 5.78 Å². The number of para-hydroxylation sites is 1. The fourth-order valence-corrected chi connectivity index (χ4v) is 3.80. The number of benzene rings is 2. The smallest absolute Gasteiger partial charge is 0.240 e. The summed E-state index contributed by atoms with van der Waals surface area (Å²) in [4.78, 5) is 17.8. The molecule has 0 saturated carbocycles. The SMILES string of the molecule is COc1ccccc1-c1c(C(=O)C(C)(C)C)c(O)c(O)n1-c1ccc(-c2ccccn2)cc1. The molecule has 0 saturated heterocycles. The molecule has 4 rings (SSSR count). The predicted octanol–water partition coefficient (Wildman–Crippen LogP) is 5.85. The summed E-state index contributed by atoms with van der Waals surface area (Å²) in [6, 6.07) is 20.3. The van der Waals surface area contributed by atoms with Gasteiger partial charge in [-0.15, -0.1) is 0 Å². The summed E-state index contributed by atoms with van der Waals surface area (Å²) in [7, 11) is 1.54. The summed E-state index contributed by atoms with van der Waals surface area (Å²) in [5, 5.41) is 21.9. The van der Waals surface area contributed by atoms with Crippen LogP contribution in [0.15, 0.2) is 72.9 Å². The lowest BCUT2D eigenvalue weighted by Crippen LogP contribution is -2.21. The zero-order chi connectivity index (χ0) is 23.8. The summed E-state index contributed by atoms with van der Waals surface area (Å²) in [5.74, 6) is -0.636. The van der Waals surface area contributed by atoms with Crippen molar-refractivity contribution in [1.82, 2.24) is 9.55 Å². The molecule has 0 spiro atoms. The topological polar surface area (TPSA) is 84.6 Å². The molecule has 4 aromatic rings. The molecule has 0 aliphatic rings. The minimum absolute atomic E-state index is 0.0540.